The molecule has 0 heterocycles. The summed E-state index contributed by atoms with van der Waals surface area (Å²) in [6.45, 7) is 4.18. The number of halogens is 3. The Bertz CT molecular complexity index is 763. The third-order valence-electron chi connectivity index (χ3n) is 3.77. The molecule has 0 amide bonds. The molecule has 0 spiro atoms. The number of hydrogen-bond donors (Lipinski definition) is 0. The van der Waals surface area contributed by atoms with Crippen molar-refractivity contribution in [2.24, 2.45) is 0 Å². The average molecular weight is 568 g/mol. The highest BCUT2D eigenvalue weighted by molar-refractivity contribution is 14.1. The average Bonchev–Trinajstić information content (AvgIpc) is 2.61. The van der Waals surface area contributed by atoms with Crippen LogP contribution in [0.25, 0.3) is 0 Å². The lowest BCUT2D eigenvalue weighted by molar-refractivity contribution is -0.131. The van der Waals surface area contributed by atoms with Crippen molar-refractivity contribution in [3.63, 3.8) is 0 Å². The van der Waals surface area contributed by atoms with Crippen molar-refractivity contribution < 1.29 is 18.7 Å². The highest BCUT2D eigenvalue weighted by atomic mass is 127. The van der Waals surface area contributed by atoms with Gasteiger partial charge >= 0.3 is 5.97 Å². The van der Waals surface area contributed by atoms with Gasteiger partial charge in [-0.05, 0) is 64.8 Å². The molecule has 0 aliphatic carbocycles. The van der Waals surface area contributed by atoms with Gasteiger partial charge in [-0.3, -0.25) is 4.79 Å². The highest BCUT2D eigenvalue weighted by Gasteiger charge is 2.15. The SMILES string of the molecule is CCc1cc(CC)c(OCc2c(F)cccc2OC(=O)CI)cc1I. The van der Waals surface area contributed by atoms with Gasteiger partial charge in [0.15, 0.2) is 0 Å². The first-order valence-corrected chi connectivity index (χ1v) is 10.6. The number of carbonyl (C=O) groups is 1. The Hall–Kier alpha value is -0.900. The van der Waals surface area contributed by atoms with E-state index in [0.29, 0.717) is 0 Å². The van der Waals surface area contributed by atoms with Crippen molar-refractivity contribution in [1.82, 2.24) is 0 Å². The van der Waals surface area contributed by atoms with E-state index in [1.165, 1.54) is 17.7 Å². The second-order valence-electron chi connectivity index (χ2n) is 5.37. The van der Waals surface area contributed by atoms with Crippen LogP contribution in [0.1, 0.15) is 30.5 Å². The summed E-state index contributed by atoms with van der Waals surface area (Å²) in [5.74, 6) is 0.0818. The number of ether oxygens (including phenoxy) is 2. The first kappa shape index (κ1) is 20.4. The summed E-state index contributed by atoms with van der Waals surface area (Å²) in [6.07, 6.45) is 1.78. The van der Waals surface area contributed by atoms with E-state index < -0.39 is 11.8 Å². The molecule has 0 saturated carbocycles. The molecule has 2 rings (SSSR count). The van der Waals surface area contributed by atoms with Gasteiger partial charge in [0, 0.05) is 3.57 Å². The van der Waals surface area contributed by atoms with E-state index >= 15 is 0 Å². The van der Waals surface area contributed by atoms with Crippen LogP contribution in [0.4, 0.5) is 4.39 Å². The van der Waals surface area contributed by atoms with E-state index in [-0.39, 0.29) is 22.3 Å². The molecular weight excluding hydrogens is 549 g/mol. The maximum absolute atomic E-state index is 14.2. The minimum atomic E-state index is -0.448. The number of aryl methyl sites for hydroxylation is 2. The van der Waals surface area contributed by atoms with Gasteiger partial charge in [-0.15, -0.1) is 0 Å². The standard InChI is InChI=1S/C19H19FI2O3/c1-3-12-8-13(4-2)18(9-16(12)22)24-11-14-15(20)6-5-7-17(14)25-19(23)10-21/h5-9H,3-4,10-11H2,1-2H3. The lowest BCUT2D eigenvalue weighted by atomic mass is 10.1. The van der Waals surface area contributed by atoms with Crippen LogP contribution in [-0.4, -0.2) is 10.4 Å². The summed E-state index contributed by atoms with van der Waals surface area (Å²) < 4.78 is 26.6. The Balaban J connectivity index is 2.27. The molecule has 0 atom stereocenters. The minimum absolute atomic E-state index is 0.00504. The van der Waals surface area contributed by atoms with Gasteiger partial charge in [-0.25, -0.2) is 4.39 Å². The monoisotopic (exact) mass is 568 g/mol. The molecule has 25 heavy (non-hydrogen) atoms. The first-order valence-electron chi connectivity index (χ1n) is 7.98. The summed E-state index contributed by atoms with van der Waals surface area (Å²) in [6, 6.07) is 8.55. The number of esters is 1. The van der Waals surface area contributed by atoms with E-state index in [1.807, 2.05) is 28.7 Å². The first-order chi connectivity index (χ1) is 12.0. The van der Waals surface area contributed by atoms with E-state index in [4.69, 9.17) is 9.47 Å². The molecular formula is C19H19FI2O3. The van der Waals surface area contributed by atoms with Crippen LogP contribution in [0, 0.1) is 9.39 Å². The van der Waals surface area contributed by atoms with Crippen LogP contribution >= 0.6 is 45.2 Å². The van der Waals surface area contributed by atoms with Crippen molar-refractivity contribution in [2.75, 3.05) is 4.43 Å². The Morgan fingerprint density at radius 3 is 2.48 bits per heavy atom. The van der Waals surface area contributed by atoms with Crippen LogP contribution in [0.15, 0.2) is 30.3 Å². The van der Waals surface area contributed by atoms with Crippen molar-refractivity contribution >= 4 is 51.2 Å². The molecule has 0 aliphatic rings. The molecule has 0 unspecified atom stereocenters. The van der Waals surface area contributed by atoms with Gasteiger partial charge in [0.25, 0.3) is 0 Å². The fraction of sp³-hybridized carbons (Fsp3) is 0.316. The van der Waals surface area contributed by atoms with Crippen molar-refractivity contribution in [2.45, 2.75) is 33.3 Å². The van der Waals surface area contributed by atoms with Gasteiger partial charge in [0.1, 0.15) is 23.9 Å². The summed E-state index contributed by atoms with van der Waals surface area (Å²) in [5, 5.41) is 0. The minimum Gasteiger partial charge on any atom is -0.488 e. The fourth-order valence-electron chi connectivity index (χ4n) is 2.41. The van der Waals surface area contributed by atoms with Gasteiger partial charge in [-0.1, -0.05) is 48.6 Å². The molecule has 0 bridgehead atoms. The van der Waals surface area contributed by atoms with Gasteiger partial charge < -0.3 is 9.47 Å². The summed E-state index contributed by atoms with van der Waals surface area (Å²) >= 11 is 4.19. The molecule has 0 saturated heterocycles. The molecule has 0 aromatic heterocycles. The maximum Gasteiger partial charge on any atom is 0.321 e. The zero-order valence-electron chi connectivity index (χ0n) is 14.1. The van der Waals surface area contributed by atoms with Crippen molar-refractivity contribution in [1.29, 1.82) is 0 Å². The molecule has 0 radical (unpaired) electrons. The van der Waals surface area contributed by atoms with E-state index in [1.54, 1.807) is 6.07 Å². The predicted molar refractivity (Wildman–Crippen MR) is 113 cm³/mol. The number of alkyl halides is 1. The predicted octanol–water partition coefficient (Wildman–Crippen LogP) is 5.47. The van der Waals surface area contributed by atoms with Gasteiger partial charge in [-0.2, -0.15) is 0 Å². The Labute approximate surface area is 174 Å². The number of carbonyl (C=O) groups excluding carboxylic acids is 1. The quantitative estimate of drug-likeness (QED) is 0.192. The number of benzene rings is 2. The smallest absolute Gasteiger partial charge is 0.321 e. The molecule has 2 aromatic carbocycles. The topological polar surface area (TPSA) is 35.5 Å². The zero-order valence-corrected chi connectivity index (χ0v) is 18.4. The van der Waals surface area contributed by atoms with Crippen LogP contribution < -0.4 is 9.47 Å². The Morgan fingerprint density at radius 2 is 1.84 bits per heavy atom. The van der Waals surface area contributed by atoms with E-state index in [2.05, 4.69) is 42.5 Å². The second kappa shape index (κ2) is 9.70. The highest BCUT2D eigenvalue weighted by Crippen LogP contribution is 2.29. The summed E-state index contributed by atoms with van der Waals surface area (Å²) in [7, 11) is 0. The van der Waals surface area contributed by atoms with Crippen molar-refractivity contribution in [3.8, 4) is 11.5 Å². The molecule has 134 valence electrons. The van der Waals surface area contributed by atoms with Crippen molar-refractivity contribution in [3.05, 3.63) is 56.4 Å². The number of hydrogen-bond acceptors (Lipinski definition) is 3. The normalized spacial score (nSPS) is 10.6. The largest absolute Gasteiger partial charge is 0.488 e. The Kier molecular flexibility index (Phi) is 7.92. The second-order valence-corrected chi connectivity index (χ2v) is 7.30. The lowest BCUT2D eigenvalue weighted by Crippen LogP contribution is -2.12. The molecule has 0 N–H and O–H groups in total. The molecule has 0 aliphatic heterocycles. The Morgan fingerprint density at radius 1 is 1.12 bits per heavy atom. The van der Waals surface area contributed by atoms with Crippen LogP contribution in [0.2, 0.25) is 0 Å². The fourth-order valence-corrected chi connectivity index (χ4v) is 3.38. The summed E-state index contributed by atoms with van der Waals surface area (Å²) in [4.78, 5) is 11.5. The van der Waals surface area contributed by atoms with Gasteiger partial charge in [0.05, 0.1) is 9.99 Å². The van der Waals surface area contributed by atoms with E-state index in [0.717, 1.165) is 27.7 Å². The molecule has 2 aromatic rings. The molecule has 0 fully saturated rings. The third-order valence-corrected chi connectivity index (χ3v) is 5.40. The van der Waals surface area contributed by atoms with Gasteiger partial charge in [0.2, 0.25) is 0 Å². The van der Waals surface area contributed by atoms with Crippen LogP contribution in [-0.2, 0) is 24.2 Å². The zero-order chi connectivity index (χ0) is 18.4. The third kappa shape index (κ3) is 5.29. The van der Waals surface area contributed by atoms with E-state index in [9.17, 15) is 9.18 Å². The number of rotatable bonds is 7. The van der Waals surface area contributed by atoms with Crippen LogP contribution in [0.3, 0.4) is 0 Å². The lowest BCUT2D eigenvalue weighted by Gasteiger charge is -2.15. The molecule has 6 heteroatoms. The van der Waals surface area contributed by atoms with Crippen LogP contribution in [0.5, 0.6) is 11.5 Å². The summed E-state index contributed by atoms with van der Waals surface area (Å²) in [5.41, 5.74) is 2.60. The maximum atomic E-state index is 14.2. The molecule has 3 nitrogen and oxygen atoms in total.